The first-order valence-corrected chi connectivity index (χ1v) is 42.4. The summed E-state index contributed by atoms with van der Waals surface area (Å²) in [5.41, 5.74) is 0. The van der Waals surface area contributed by atoms with Gasteiger partial charge < -0.3 is 14.9 Å². The zero-order valence-corrected chi connectivity index (χ0v) is 60.9. The van der Waals surface area contributed by atoms with Gasteiger partial charge in [-0.15, -0.1) is 0 Å². The van der Waals surface area contributed by atoms with Crippen LogP contribution in [-0.4, -0.2) is 57.2 Å². The summed E-state index contributed by atoms with van der Waals surface area (Å²) in [7, 11) is -3.22. The summed E-state index contributed by atoms with van der Waals surface area (Å²) >= 11 is 2.29. The molecule has 8 aromatic carbocycles. The fourth-order valence-corrected chi connectivity index (χ4v) is 20.7. The van der Waals surface area contributed by atoms with E-state index in [1.165, 1.54) is 101 Å². The molecule has 5 atom stereocenters. The Hall–Kier alpha value is -1.89. The Labute approximate surface area is 533 Å². The van der Waals surface area contributed by atoms with E-state index in [1.54, 1.807) is 26.5 Å². The molecule has 0 aliphatic heterocycles. The van der Waals surface area contributed by atoms with E-state index in [-0.39, 0.29) is 64.8 Å². The van der Waals surface area contributed by atoms with Crippen LogP contribution in [0.3, 0.4) is 0 Å². The molecule has 9 heteroatoms. The van der Waals surface area contributed by atoms with Crippen LogP contribution in [0.5, 0.6) is 0 Å². The zero-order valence-electron chi connectivity index (χ0n) is 50.5. The van der Waals surface area contributed by atoms with E-state index in [1.807, 2.05) is 0 Å². The summed E-state index contributed by atoms with van der Waals surface area (Å²) in [4.78, 5) is 0. The van der Waals surface area contributed by atoms with Crippen LogP contribution in [0, 0.1) is 14.9 Å². The van der Waals surface area contributed by atoms with Gasteiger partial charge in [0, 0.05) is 32.9 Å². The molecular formula is C71H101Fe2IP6+6. The van der Waals surface area contributed by atoms with Gasteiger partial charge in [0.1, 0.15) is 21.2 Å². The molecule has 0 amide bonds. The van der Waals surface area contributed by atoms with E-state index in [2.05, 4.69) is 314 Å². The molecule has 8 aromatic rings. The van der Waals surface area contributed by atoms with Gasteiger partial charge in [0.2, 0.25) is 0 Å². The fraction of sp³-hybridized carbons (Fsp3) is 0.296. The topological polar surface area (TPSA) is 0 Å². The molecule has 5 unspecified atom stereocenters. The van der Waals surface area contributed by atoms with Gasteiger partial charge in [-0.3, -0.25) is 0 Å². The third-order valence-corrected chi connectivity index (χ3v) is 28.1. The predicted molar refractivity (Wildman–Crippen MR) is 393 cm³/mol. The SMILES string of the molecule is C1CCCC1.C1CCCC1.CCI.CC[PH+](C)c1ccccc1.C[PH+](C)c1ccccc1.C[PH+](c1ccccc1)c1ccccc1[PH+](C)c1ccccc1.C[PH+](c1ccccc1)c1ccccc1[PH+](C)c1ccccc1.[CH3-].[CH3-].[Fe+2].[Fe]. The average molecular weight is 1380 g/mol. The summed E-state index contributed by atoms with van der Waals surface area (Å²) in [6, 6.07) is 83.4. The van der Waals surface area contributed by atoms with Crippen molar-refractivity contribution >= 4 is 123 Å². The predicted octanol–water partition coefficient (Wildman–Crippen LogP) is 16.8. The van der Waals surface area contributed by atoms with Gasteiger partial charge in [0.25, 0.3) is 0 Å². The second-order valence-corrected chi connectivity index (χ2v) is 36.1. The second-order valence-electron chi connectivity index (χ2n) is 19.7. The van der Waals surface area contributed by atoms with Crippen molar-refractivity contribution in [3.05, 3.63) is 245 Å². The fourth-order valence-electron chi connectivity index (χ4n) is 9.11. The molecule has 0 radical (unpaired) electrons. The van der Waals surface area contributed by atoms with Crippen molar-refractivity contribution in [2.75, 3.05) is 57.2 Å². The number of rotatable bonds is 11. The van der Waals surface area contributed by atoms with Crippen molar-refractivity contribution in [3.8, 4) is 0 Å². The number of alkyl halides is 1. The smallest absolute Gasteiger partial charge is 0.358 e. The van der Waals surface area contributed by atoms with E-state index in [0.717, 1.165) is 0 Å². The van der Waals surface area contributed by atoms with Crippen LogP contribution in [0.1, 0.15) is 78.1 Å². The molecule has 10 rings (SSSR count). The first-order valence-electron chi connectivity index (χ1n) is 28.2. The third kappa shape index (κ3) is 29.8. The van der Waals surface area contributed by atoms with Crippen LogP contribution >= 0.6 is 70.1 Å². The maximum absolute atomic E-state index is 2.42. The van der Waals surface area contributed by atoms with Gasteiger partial charge in [0.15, 0.2) is 0 Å². The molecule has 0 aromatic heterocycles. The standard InChI is InChI=1S/2C20H20P2.C9H13P.C8H11P.2C5H10.C2H5I.2CH3.2Fe/c2*1-21(17-11-5-3-6-12-17)19-15-9-10-16-20(19)22(2)18-13-7-4-8-14-18;1-3-10(2)9-7-5-4-6-8-9;1-9(2)8-6-4-3-5-7-8;2*1-2-4-5-3-1;1-2-3;;;;/h2*3-16H,1-2H3;4-8H,3H2,1-2H3;3-7H,1-2H3;2*1-5H2;2H2,1H3;2*1H3;;/q;;;;;;;2*-1;;+2/p+6. The van der Waals surface area contributed by atoms with Crippen molar-refractivity contribution in [1.29, 1.82) is 0 Å². The summed E-state index contributed by atoms with van der Waals surface area (Å²) in [6.07, 6.45) is 16.3. The molecule has 0 N–H and O–H groups in total. The monoisotopic (exact) mass is 1380 g/mol. The van der Waals surface area contributed by atoms with Crippen LogP contribution < -0.4 is 53.0 Å². The number of hydrogen-bond donors (Lipinski definition) is 0. The first kappa shape index (κ1) is 78.1. The average Bonchev–Trinajstić information content (AvgIpc) is 4.31. The molecule has 0 heterocycles. The molecule has 0 saturated heterocycles. The van der Waals surface area contributed by atoms with Crippen molar-refractivity contribution in [2.45, 2.75) is 78.1 Å². The Morgan fingerprint density at radius 3 is 0.613 bits per heavy atom. The minimum absolute atomic E-state index is 0. The van der Waals surface area contributed by atoms with Crippen LogP contribution in [0.4, 0.5) is 0 Å². The van der Waals surface area contributed by atoms with E-state index >= 15 is 0 Å². The summed E-state index contributed by atoms with van der Waals surface area (Å²) in [5.74, 6) is 0. The zero-order chi connectivity index (χ0) is 54.6. The van der Waals surface area contributed by atoms with Crippen LogP contribution in [0.2, 0.25) is 0 Å². The van der Waals surface area contributed by atoms with Crippen molar-refractivity contribution in [3.63, 3.8) is 0 Å². The van der Waals surface area contributed by atoms with Crippen LogP contribution in [0.25, 0.3) is 0 Å². The normalized spacial score (nSPS) is 13.4. The molecule has 2 saturated carbocycles. The van der Waals surface area contributed by atoms with Gasteiger partial charge >= 0.3 is 17.1 Å². The van der Waals surface area contributed by atoms with Gasteiger partial charge in [-0.25, -0.2) is 0 Å². The van der Waals surface area contributed by atoms with Gasteiger partial charge in [0.05, 0.1) is 116 Å². The Bertz CT molecular complexity index is 2360. The number of hydrogen-bond acceptors (Lipinski definition) is 0. The summed E-state index contributed by atoms with van der Waals surface area (Å²) < 4.78 is 1.22. The molecule has 432 valence electrons. The molecule has 0 bridgehead atoms. The van der Waals surface area contributed by atoms with Crippen molar-refractivity contribution < 1.29 is 34.1 Å². The summed E-state index contributed by atoms with van der Waals surface area (Å²) in [5, 5.41) is 15.3. The quantitative estimate of drug-likeness (QED) is 0.0398. The minimum atomic E-state index is -0.701. The number of halogens is 1. The van der Waals surface area contributed by atoms with E-state index < -0.39 is 31.7 Å². The molecule has 0 nitrogen and oxygen atoms in total. The van der Waals surface area contributed by atoms with Gasteiger partial charge in [-0.1, -0.05) is 227 Å². The minimum Gasteiger partial charge on any atom is -0.358 e. The molecule has 2 aliphatic rings. The number of benzene rings is 8. The molecule has 80 heavy (non-hydrogen) atoms. The van der Waals surface area contributed by atoms with Crippen LogP contribution in [0.15, 0.2) is 231 Å². The third-order valence-electron chi connectivity index (χ3n) is 13.9. The molecule has 2 aliphatic carbocycles. The maximum atomic E-state index is 2.42. The Kier molecular flexibility index (Phi) is 47.2. The van der Waals surface area contributed by atoms with Gasteiger partial charge in [-0.05, 0) is 108 Å². The second kappa shape index (κ2) is 48.4. The van der Waals surface area contributed by atoms with Crippen LogP contribution in [-0.2, 0) is 34.1 Å². The Morgan fingerprint density at radius 2 is 0.450 bits per heavy atom. The largest absolute Gasteiger partial charge is 2.00 e. The van der Waals surface area contributed by atoms with Gasteiger partial charge in [-0.2, -0.15) is 0 Å². The maximum Gasteiger partial charge on any atom is 2.00 e. The van der Waals surface area contributed by atoms with E-state index in [9.17, 15) is 0 Å². The van der Waals surface area contributed by atoms with E-state index in [4.69, 9.17) is 0 Å². The first-order chi connectivity index (χ1) is 37.1. The van der Waals surface area contributed by atoms with E-state index in [0.29, 0.717) is 0 Å². The van der Waals surface area contributed by atoms with Crippen molar-refractivity contribution in [2.24, 2.45) is 0 Å². The molecular weight excluding hydrogens is 1280 g/mol. The molecule has 0 spiro atoms. The Balaban J connectivity index is 0.000000993. The Morgan fingerprint density at radius 1 is 0.287 bits per heavy atom. The molecule has 2 fully saturated rings. The summed E-state index contributed by atoms with van der Waals surface area (Å²) in [6.45, 7) is 21.0. The van der Waals surface area contributed by atoms with Crippen molar-refractivity contribution in [1.82, 2.24) is 0 Å².